The number of aromatic nitrogens is 2. The van der Waals surface area contributed by atoms with E-state index in [0.717, 1.165) is 30.0 Å². The number of benzene rings is 1. The maximum Gasteiger partial charge on any atom is 0.248 e. The number of nitrogens with one attached hydrogen (secondary N) is 2. The minimum Gasteiger partial charge on any atom is -0.598 e. The highest BCUT2D eigenvalue weighted by molar-refractivity contribution is 7.90. The molecule has 4 atom stereocenters. The number of alkyl halides is 4. The third kappa shape index (κ3) is 9.73. The second-order valence-electron chi connectivity index (χ2n) is 16.4. The minimum absolute atomic E-state index is 0.0817. The molecule has 0 aliphatic heterocycles. The summed E-state index contributed by atoms with van der Waals surface area (Å²) in [5.74, 6) is -5.73. The smallest absolute Gasteiger partial charge is 0.248 e. The van der Waals surface area contributed by atoms with Crippen LogP contribution in [-0.4, -0.2) is 51.3 Å². The fourth-order valence-electron chi connectivity index (χ4n) is 6.73. The lowest BCUT2D eigenvalue weighted by atomic mass is 9.79. The van der Waals surface area contributed by atoms with Crippen LogP contribution in [0.15, 0.2) is 18.2 Å². The van der Waals surface area contributed by atoms with Gasteiger partial charge in [-0.2, -0.15) is 0 Å². The van der Waals surface area contributed by atoms with Crippen molar-refractivity contribution in [1.82, 2.24) is 19.6 Å². The summed E-state index contributed by atoms with van der Waals surface area (Å²) in [6, 6.07) is 5.79. The SMILES string of the molecule is CC(C)(C)[S@@+]([O-])N[C@H](c1nc2ccc([C@H](NC(=O)CC3CC(F)(F)C3)C3CC3)cc2n1COCC[Si](C)(C)C)[C@H]1CCCC(F)(F)C1. The van der Waals surface area contributed by atoms with E-state index in [9.17, 15) is 26.9 Å². The van der Waals surface area contributed by atoms with Crippen LogP contribution in [0.25, 0.3) is 11.0 Å². The zero-order valence-corrected chi connectivity index (χ0v) is 30.5. The Balaban J connectivity index is 1.49. The first-order chi connectivity index (χ1) is 21.8. The van der Waals surface area contributed by atoms with Crippen LogP contribution >= 0.6 is 0 Å². The number of hydrogen-bond acceptors (Lipinski definition) is 5. The Morgan fingerprint density at radius 1 is 1.09 bits per heavy atom. The van der Waals surface area contributed by atoms with E-state index in [1.807, 2.05) is 43.5 Å². The zero-order valence-electron chi connectivity index (χ0n) is 28.6. The lowest BCUT2D eigenvalue weighted by molar-refractivity contribution is -0.134. The Kier molecular flexibility index (Phi) is 10.8. The molecular formula is C34H52F4N4O3SSi. The van der Waals surface area contributed by atoms with Crippen molar-refractivity contribution in [2.45, 2.75) is 140 Å². The van der Waals surface area contributed by atoms with Gasteiger partial charge in [0, 0.05) is 58.1 Å². The van der Waals surface area contributed by atoms with Crippen LogP contribution in [0.2, 0.25) is 25.7 Å². The molecule has 2 aromatic rings. The highest BCUT2D eigenvalue weighted by atomic mass is 32.2. The minimum atomic E-state index is -2.81. The summed E-state index contributed by atoms with van der Waals surface area (Å²) in [6.07, 6.45) is 1.95. The lowest BCUT2D eigenvalue weighted by Crippen LogP contribution is -2.45. The number of carbonyl (C=O) groups is 1. The number of nitrogens with zero attached hydrogens (tertiary/aromatic N) is 2. The first kappa shape index (κ1) is 36.6. The molecule has 47 heavy (non-hydrogen) atoms. The number of amides is 1. The van der Waals surface area contributed by atoms with Crippen LogP contribution in [0.1, 0.15) is 102 Å². The van der Waals surface area contributed by atoms with E-state index in [1.165, 1.54) is 0 Å². The van der Waals surface area contributed by atoms with Gasteiger partial charge in [0.1, 0.15) is 23.3 Å². The van der Waals surface area contributed by atoms with Crippen LogP contribution in [0.3, 0.4) is 0 Å². The summed E-state index contributed by atoms with van der Waals surface area (Å²) in [7, 11) is -1.39. The first-order valence-electron chi connectivity index (χ1n) is 17.1. The van der Waals surface area contributed by atoms with Crippen LogP contribution in [0, 0.1) is 17.8 Å². The molecule has 13 heteroatoms. The van der Waals surface area contributed by atoms with E-state index in [2.05, 4.69) is 29.7 Å². The average molecular weight is 701 g/mol. The molecule has 0 radical (unpaired) electrons. The summed E-state index contributed by atoms with van der Waals surface area (Å²) in [5.41, 5.74) is 2.29. The van der Waals surface area contributed by atoms with E-state index in [4.69, 9.17) is 9.72 Å². The van der Waals surface area contributed by atoms with Crippen molar-refractivity contribution in [3.63, 3.8) is 0 Å². The van der Waals surface area contributed by atoms with E-state index >= 15 is 0 Å². The maximum absolute atomic E-state index is 14.8. The second-order valence-corrected chi connectivity index (χ2v) is 24.0. The molecule has 1 heterocycles. The molecule has 5 rings (SSSR count). The molecule has 0 unspecified atom stereocenters. The number of rotatable bonds is 14. The molecule has 2 N–H and O–H groups in total. The van der Waals surface area contributed by atoms with Gasteiger partial charge in [-0.05, 0) is 87.9 Å². The lowest BCUT2D eigenvalue weighted by Gasteiger charge is -2.36. The zero-order chi connectivity index (χ0) is 34.4. The van der Waals surface area contributed by atoms with Gasteiger partial charge in [0.05, 0.1) is 17.1 Å². The predicted octanol–water partition coefficient (Wildman–Crippen LogP) is 8.27. The van der Waals surface area contributed by atoms with Crippen molar-refractivity contribution in [2.24, 2.45) is 17.8 Å². The molecule has 264 valence electrons. The van der Waals surface area contributed by atoms with E-state index in [-0.39, 0.29) is 62.6 Å². The van der Waals surface area contributed by atoms with Crippen molar-refractivity contribution in [2.75, 3.05) is 6.61 Å². The molecule has 0 spiro atoms. The van der Waals surface area contributed by atoms with E-state index in [1.54, 1.807) is 0 Å². The Morgan fingerprint density at radius 3 is 2.38 bits per heavy atom. The van der Waals surface area contributed by atoms with Gasteiger partial charge < -0.3 is 19.2 Å². The fourth-order valence-corrected chi connectivity index (χ4v) is 8.37. The van der Waals surface area contributed by atoms with Gasteiger partial charge in [0.2, 0.25) is 17.8 Å². The third-order valence-electron chi connectivity index (χ3n) is 9.65. The summed E-state index contributed by atoms with van der Waals surface area (Å²) in [6.45, 7) is 13.1. The molecule has 7 nitrogen and oxygen atoms in total. The average Bonchev–Trinajstić information content (AvgIpc) is 3.71. The maximum atomic E-state index is 14.8. The molecule has 3 aliphatic carbocycles. The van der Waals surface area contributed by atoms with Gasteiger partial charge in [0.15, 0.2) is 0 Å². The van der Waals surface area contributed by atoms with Crippen LogP contribution in [-0.2, 0) is 27.6 Å². The topological polar surface area (TPSA) is 91.2 Å². The van der Waals surface area contributed by atoms with Crippen molar-refractivity contribution >= 4 is 36.4 Å². The van der Waals surface area contributed by atoms with Gasteiger partial charge in [-0.3, -0.25) is 4.79 Å². The molecule has 1 aromatic carbocycles. The normalized spacial score (nSPS) is 23.7. The summed E-state index contributed by atoms with van der Waals surface area (Å²) >= 11 is -1.54. The highest BCUT2D eigenvalue weighted by Gasteiger charge is 2.47. The number of hydrogen-bond donors (Lipinski definition) is 2. The fraction of sp³-hybridized carbons (Fsp3) is 0.765. The summed E-state index contributed by atoms with van der Waals surface area (Å²) in [4.78, 5) is 18.0. The van der Waals surface area contributed by atoms with Gasteiger partial charge >= 0.3 is 0 Å². The Labute approximate surface area is 280 Å². The standard InChI is InChI=1S/C34H52F4N4O3SSi/c1-32(2,3)46(44)41-30(25-8-7-13-33(35,36)20-25)31-39-26-12-11-24(17-27(26)42(31)21-45-14-15-47(4,5)6)29(23-9-10-23)40-28(43)16-22-18-34(37,38)19-22/h11-12,17,22-23,25,29-30,41H,7-10,13-16,18-21H2,1-6H3,(H,40,43)/t25-,29+,30-,46+/m0/s1. The van der Waals surface area contributed by atoms with Crippen molar-refractivity contribution < 1.29 is 31.6 Å². The van der Waals surface area contributed by atoms with Gasteiger partial charge in [-0.25, -0.2) is 22.5 Å². The van der Waals surface area contributed by atoms with Crippen molar-refractivity contribution in [1.29, 1.82) is 0 Å². The molecule has 1 amide bonds. The number of carbonyl (C=O) groups excluding carboxylic acids is 1. The molecule has 3 fully saturated rings. The van der Waals surface area contributed by atoms with Crippen LogP contribution < -0.4 is 10.0 Å². The van der Waals surface area contributed by atoms with E-state index in [0.29, 0.717) is 30.8 Å². The van der Waals surface area contributed by atoms with Gasteiger partial charge in [-0.1, -0.05) is 25.7 Å². The molecule has 3 aliphatic rings. The molecular weight excluding hydrogens is 649 g/mol. The Bertz CT molecular complexity index is 1400. The largest absolute Gasteiger partial charge is 0.598 e. The predicted molar refractivity (Wildman–Crippen MR) is 180 cm³/mol. The summed E-state index contributed by atoms with van der Waals surface area (Å²) in [5, 5.41) is 3.13. The quantitative estimate of drug-likeness (QED) is 0.0897. The van der Waals surface area contributed by atoms with Gasteiger partial charge in [-0.15, -0.1) is 4.72 Å². The number of imidazole rings is 1. The Hall–Kier alpha value is -1.67. The molecule has 3 saturated carbocycles. The number of ether oxygens (including phenoxy) is 1. The Morgan fingerprint density at radius 2 is 1.79 bits per heavy atom. The number of halogens is 4. The molecule has 0 saturated heterocycles. The first-order valence-corrected chi connectivity index (χ1v) is 22.0. The molecule has 1 aromatic heterocycles. The third-order valence-corrected chi connectivity index (χ3v) is 12.9. The van der Waals surface area contributed by atoms with Crippen molar-refractivity contribution in [3.8, 4) is 0 Å². The van der Waals surface area contributed by atoms with Crippen LogP contribution in [0.4, 0.5) is 17.6 Å². The van der Waals surface area contributed by atoms with Crippen molar-refractivity contribution in [3.05, 3.63) is 29.6 Å². The number of fused-ring (bicyclic) bond motifs is 1. The second kappa shape index (κ2) is 13.9. The van der Waals surface area contributed by atoms with E-state index < -0.39 is 48.0 Å². The van der Waals surface area contributed by atoms with Crippen LogP contribution in [0.5, 0.6) is 0 Å². The monoisotopic (exact) mass is 700 g/mol. The van der Waals surface area contributed by atoms with Gasteiger partial charge in [0.25, 0.3) is 0 Å². The summed E-state index contributed by atoms with van der Waals surface area (Å²) < 4.78 is 80.7. The molecule has 0 bridgehead atoms. The highest BCUT2D eigenvalue weighted by Crippen LogP contribution is 2.46.